The molecule has 1 aromatic carbocycles. The summed E-state index contributed by atoms with van der Waals surface area (Å²) in [6.45, 7) is 2.70. The molecule has 0 saturated heterocycles. The number of benzene rings is 1. The highest BCUT2D eigenvalue weighted by Crippen LogP contribution is 2.18. The van der Waals surface area contributed by atoms with E-state index in [9.17, 15) is 9.18 Å². The van der Waals surface area contributed by atoms with Crippen molar-refractivity contribution in [1.82, 2.24) is 9.55 Å². The van der Waals surface area contributed by atoms with Crippen LogP contribution < -0.4 is 0 Å². The minimum absolute atomic E-state index is 0.0433. The Morgan fingerprint density at radius 1 is 1.50 bits per heavy atom. The fraction of sp³-hybridized carbons (Fsp3) is 0.231. The minimum atomic E-state index is -0.541. The number of rotatable bonds is 4. The molecule has 0 aliphatic rings. The number of halogens is 2. The molecule has 0 spiro atoms. The molecule has 0 fully saturated rings. The summed E-state index contributed by atoms with van der Waals surface area (Å²) in [5, 5.41) is 0. The molecule has 0 saturated carbocycles. The Hall–Kier alpha value is -1.49. The Labute approximate surface area is 113 Å². The number of aromatic nitrogens is 2. The average Bonchev–Trinajstić information content (AvgIpc) is 2.77. The highest BCUT2D eigenvalue weighted by Gasteiger charge is 2.18. The van der Waals surface area contributed by atoms with E-state index in [1.54, 1.807) is 23.0 Å². The lowest BCUT2D eigenvalue weighted by Crippen LogP contribution is -2.12. The van der Waals surface area contributed by atoms with E-state index in [2.05, 4.69) is 20.9 Å². The van der Waals surface area contributed by atoms with Gasteiger partial charge in [0, 0.05) is 23.4 Å². The molecular formula is C13H12BrFN2O. The molecule has 0 atom stereocenters. The summed E-state index contributed by atoms with van der Waals surface area (Å²) < 4.78 is 16.1. The first kappa shape index (κ1) is 13.0. The van der Waals surface area contributed by atoms with Crippen molar-refractivity contribution in [3.05, 3.63) is 52.3 Å². The topological polar surface area (TPSA) is 34.9 Å². The van der Waals surface area contributed by atoms with Crippen molar-refractivity contribution in [3.63, 3.8) is 0 Å². The Morgan fingerprint density at radius 3 is 2.94 bits per heavy atom. The number of aryl methyl sites for hydroxylation is 1. The molecule has 0 radical (unpaired) electrons. The fourth-order valence-corrected chi connectivity index (χ4v) is 2.07. The summed E-state index contributed by atoms with van der Waals surface area (Å²) in [5.41, 5.74) is 0.0433. The SMILES string of the molecule is CCCn1ccnc1C(=O)c1ccc(Br)cc1F. The summed E-state index contributed by atoms with van der Waals surface area (Å²) in [6.07, 6.45) is 4.17. The van der Waals surface area contributed by atoms with Gasteiger partial charge in [-0.05, 0) is 24.6 Å². The maximum atomic E-state index is 13.7. The van der Waals surface area contributed by atoms with E-state index in [-0.39, 0.29) is 11.4 Å². The zero-order valence-electron chi connectivity index (χ0n) is 9.86. The maximum Gasteiger partial charge on any atom is 0.231 e. The van der Waals surface area contributed by atoms with E-state index >= 15 is 0 Å². The Balaban J connectivity index is 2.38. The largest absolute Gasteiger partial charge is 0.328 e. The van der Waals surface area contributed by atoms with Crippen LogP contribution in [-0.4, -0.2) is 15.3 Å². The molecular weight excluding hydrogens is 299 g/mol. The Kier molecular flexibility index (Phi) is 3.91. The molecule has 1 heterocycles. The van der Waals surface area contributed by atoms with Crippen LogP contribution in [0.15, 0.2) is 35.1 Å². The van der Waals surface area contributed by atoms with Gasteiger partial charge in [-0.2, -0.15) is 0 Å². The van der Waals surface area contributed by atoms with E-state index in [0.29, 0.717) is 11.0 Å². The van der Waals surface area contributed by atoms with Crippen LogP contribution in [0.5, 0.6) is 0 Å². The van der Waals surface area contributed by atoms with Gasteiger partial charge < -0.3 is 4.57 Å². The standard InChI is InChI=1S/C13H12BrFN2O/c1-2-6-17-7-5-16-13(17)12(18)10-4-3-9(14)8-11(10)15/h3-5,7-8H,2,6H2,1H3. The summed E-state index contributed by atoms with van der Waals surface area (Å²) >= 11 is 3.16. The van der Waals surface area contributed by atoms with Gasteiger partial charge in [-0.3, -0.25) is 4.79 Å². The van der Waals surface area contributed by atoms with Gasteiger partial charge in [0.25, 0.3) is 0 Å². The third kappa shape index (κ3) is 2.51. The summed E-state index contributed by atoms with van der Waals surface area (Å²) in [6, 6.07) is 4.39. The van der Waals surface area contributed by atoms with Gasteiger partial charge in [-0.25, -0.2) is 9.37 Å². The van der Waals surface area contributed by atoms with Crippen LogP contribution >= 0.6 is 15.9 Å². The second-order valence-corrected chi connectivity index (χ2v) is 4.81. The molecule has 18 heavy (non-hydrogen) atoms. The van der Waals surface area contributed by atoms with Crippen LogP contribution in [0.25, 0.3) is 0 Å². The van der Waals surface area contributed by atoms with Crippen LogP contribution in [0.3, 0.4) is 0 Å². The van der Waals surface area contributed by atoms with Gasteiger partial charge in [0.1, 0.15) is 5.82 Å². The first-order valence-electron chi connectivity index (χ1n) is 5.64. The maximum absolute atomic E-state index is 13.7. The lowest BCUT2D eigenvalue weighted by molar-refractivity contribution is 0.102. The summed E-state index contributed by atoms with van der Waals surface area (Å²) in [7, 11) is 0. The lowest BCUT2D eigenvalue weighted by atomic mass is 10.1. The van der Waals surface area contributed by atoms with Crippen LogP contribution in [0.4, 0.5) is 4.39 Å². The summed E-state index contributed by atoms with van der Waals surface area (Å²) in [5.74, 6) is -0.656. The Bertz CT molecular complexity index is 580. The zero-order valence-corrected chi connectivity index (χ0v) is 11.4. The number of ketones is 1. The fourth-order valence-electron chi connectivity index (χ4n) is 1.73. The predicted octanol–water partition coefficient (Wildman–Crippen LogP) is 3.43. The van der Waals surface area contributed by atoms with E-state index in [4.69, 9.17) is 0 Å². The minimum Gasteiger partial charge on any atom is -0.328 e. The van der Waals surface area contributed by atoms with Crippen molar-refractivity contribution in [1.29, 1.82) is 0 Å². The van der Waals surface area contributed by atoms with Gasteiger partial charge in [-0.1, -0.05) is 22.9 Å². The molecule has 2 aromatic rings. The number of carbonyl (C=O) groups excluding carboxylic acids is 1. The van der Waals surface area contributed by atoms with Crippen molar-refractivity contribution in [2.75, 3.05) is 0 Å². The second kappa shape index (κ2) is 5.44. The van der Waals surface area contributed by atoms with E-state index in [0.717, 1.165) is 6.42 Å². The molecule has 0 aliphatic carbocycles. The lowest BCUT2D eigenvalue weighted by Gasteiger charge is -2.06. The van der Waals surface area contributed by atoms with Crippen molar-refractivity contribution in [3.8, 4) is 0 Å². The normalized spacial score (nSPS) is 10.6. The molecule has 0 N–H and O–H groups in total. The van der Waals surface area contributed by atoms with Crippen molar-refractivity contribution < 1.29 is 9.18 Å². The van der Waals surface area contributed by atoms with Gasteiger partial charge in [0.05, 0.1) is 5.56 Å². The Morgan fingerprint density at radius 2 is 2.28 bits per heavy atom. The first-order chi connectivity index (χ1) is 8.63. The van der Waals surface area contributed by atoms with Crippen molar-refractivity contribution >= 4 is 21.7 Å². The molecule has 0 unspecified atom stereocenters. The number of nitrogens with zero attached hydrogens (tertiary/aromatic N) is 2. The zero-order chi connectivity index (χ0) is 13.1. The molecule has 0 aliphatic heterocycles. The van der Waals surface area contributed by atoms with Gasteiger partial charge >= 0.3 is 0 Å². The summed E-state index contributed by atoms with van der Waals surface area (Å²) in [4.78, 5) is 16.2. The first-order valence-corrected chi connectivity index (χ1v) is 6.43. The van der Waals surface area contributed by atoms with Crippen LogP contribution in [-0.2, 0) is 6.54 Å². The molecule has 5 heteroatoms. The quantitative estimate of drug-likeness (QED) is 0.811. The highest BCUT2D eigenvalue weighted by molar-refractivity contribution is 9.10. The highest BCUT2D eigenvalue weighted by atomic mass is 79.9. The molecule has 2 rings (SSSR count). The van der Waals surface area contributed by atoms with Gasteiger partial charge in [0.2, 0.25) is 5.78 Å². The molecule has 3 nitrogen and oxygen atoms in total. The molecule has 0 bridgehead atoms. The van der Waals surface area contributed by atoms with Crippen LogP contribution in [0, 0.1) is 5.82 Å². The monoisotopic (exact) mass is 310 g/mol. The number of hydrogen-bond acceptors (Lipinski definition) is 2. The molecule has 0 amide bonds. The van der Waals surface area contributed by atoms with Gasteiger partial charge in [0.15, 0.2) is 5.82 Å². The van der Waals surface area contributed by atoms with Crippen molar-refractivity contribution in [2.45, 2.75) is 19.9 Å². The van der Waals surface area contributed by atoms with E-state index in [1.165, 1.54) is 12.1 Å². The van der Waals surface area contributed by atoms with Crippen LogP contribution in [0.2, 0.25) is 0 Å². The van der Waals surface area contributed by atoms with Crippen LogP contribution in [0.1, 0.15) is 29.5 Å². The number of hydrogen-bond donors (Lipinski definition) is 0. The number of imidazole rings is 1. The smallest absolute Gasteiger partial charge is 0.231 e. The average molecular weight is 311 g/mol. The van der Waals surface area contributed by atoms with E-state index in [1.807, 2.05) is 6.92 Å². The predicted molar refractivity (Wildman–Crippen MR) is 70.1 cm³/mol. The van der Waals surface area contributed by atoms with E-state index < -0.39 is 11.6 Å². The number of carbonyl (C=O) groups is 1. The molecule has 94 valence electrons. The van der Waals surface area contributed by atoms with Gasteiger partial charge in [-0.15, -0.1) is 0 Å². The third-order valence-corrected chi connectivity index (χ3v) is 3.05. The van der Waals surface area contributed by atoms with Crippen molar-refractivity contribution in [2.24, 2.45) is 0 Å². The third-order valence-electron chi connectivity index (χ3n) is 2.56. The molecule has 1 aromatic heterocycles. The second-order valence-electron chi connectivity index (χ2n) is 3.90.